The van der Waals surface area contributed by atoms with Gasteiger partial charge in [-0.3, -0.25) is 9.79 Å². The molecule has 4 aliphatic carbocycles. The maximum atomic E-state index is 11.3. The summed E-state index contributed by atoms with van der Waals surface area (Å²) in [5.41, 5.74) is -0.300. The van der Waals surface area contributed by atoms with Gasteiger partial charge >= 0.3 is 7.82 Å². The number of rotatable bonds is 4. The van der Waals surface area contributed by atoms with E-state index in [0.29, 0.717) is 16.5 Å². The molecule has 10 heteroatoms. The molecule has 1 aromatic rings. The topological polar surface area (TPSA) is 94.5 Å². The third-order valence-corrected chi connectivity index (χ3v) is 8.18. The van der Waals surface area contributed by atoms with E-state index in [0.717, 1.165) is 32.1 Å². The quantitative estimate of drug-likeness (QED) is 0.404. The first kappa shape index (κ1) is 19.6. The monoisotopic (exact) mass is 450 g/mol. The van der Waals surface area contributed by atoms with Gasteiger partial charge in [0.05, 0.1) is 0 Å². The van der Waals surface area contributed by atoms with E-state index in [1.807, 2.05) is 0 Å². The molecule has 4 saturated carbocycles. The van der Waals surface area contributed by atoms with Crippen molar-refractivity contribution in [3.63, 3.8) is 0 Å². The average molecular weight is 451 g/mol. The number of ether oxygens (including phenoxy) is 1. The second-order valence-corrected chi connectivity index (χ2v) is 10.9. The zero-order chi connectivity index (χ0) is 19.9. The fraction of sp³-hybridized carbons (Fsp3) is 0.667. The van der Waals surface area contributed by atoms with Crippen LogP contribution in [0.15, 0.2) is 18.2 Å². The van der Waals surface area contributed by atoms with Gasteiger partial charge in [-0.2, -0.15) is 4.89 Å². The van der Waals surface area contributed by atoms with E-state index in [1.165, 1.54) is 25.3 Å². The molecule has 3 atom stereocenters. The fourth-order valence-corrected chi connectivity index (χ4v) is 7.49. The Labute approximate surface area is 172 Å². The summed E-state index contributed by atoms with van der Waals surface area (Å²) < 4.78 is 21.9. The van der Waals surface area contributed by atoms with Gasteiger partial charge in [0.2, 0.25) is 0 Å². The number of hydrogen-bond acceptors (Lipinski definition) is 5. The van der Waals surface area contributed by atoms with Gasteiger partial charge in [-0.05, 0) is 68.1 Å². The van der Waals surface area contributed by atoms with Gasteiger partial charge in [0.25, 0.3) is 5.79 Å². The molecule has 6 rings (SSSR count). The van der Waals surface area contributed by atoms with Crippen LogP contribution in [0, 0.1) is 17.8 Å². The van der Waals surface area contributed by atoms with Gasteiger partial charge in [-0.25, -0.2) is 9.45 Å². The lowest BCUT2D eigenvalue weighted by Crippen LogP contribution is -2.78. The second-order valence-electron chi connectivity index (χ2n) is 8.50. The molecule has 2 N–H and O–H groups in total. The zero-order valence-corrected chi connectivity index (χ0v) is 17.5. The average Bonchev–Trinajstić information content (AvgIpc) is 2.54. The highest BCUT2D eigenvalue weighted by Gasteiger charge is 2.78. The predicted molar refractivity (Wildman–Crippen MR) is 99.9 cm³/mol. The number of benzene rings is 1. The van der Waals surface area contributed by atoms with E-state index in [9.17, 15) is 4.57 Å². The van der Waals surface area contributed by atoms with Crippen LogP contribution in [0.4, 0.5) is 0 Å². The van der Waals surface area contributed by atoms with Crippen molar-refractivity contribution in [1.29, 1.82) is 0 Å². The molecular weight excluding hydrogens is 430 g/mol. The lowest BCUT2D eigenvalue weighted by atomic mass is 9.46. The lowest BCUT2D eigenvalue weighted by Gasteiger charge is -2.70. The van der Waals surface area contributed by atoms with E-state index in [1.54, 1.807) is 0 Å². The van der Waals surface area contributed by atoms with Crippen molar-refractivity contribution in [1.82, 2.24) is 0 Å². The Balaban J connectivity index is 1.59. The number of methoxy groups -OCH3 is 1. The minimum atomic E-state index is -4.72. The maximum absolute atomic E-state index is 11.3. The van der Waals surface area contributed by atoms with Gasteiger partial charge in [-0.15, -0.1) is 11.6 Å². The van der Waals surface area contributed by atoms with Crippen LogP contribution in [0.3, 0.4) is 0 Å². The highest BCUT2D eigenvalue weighted by atomic mass is 35.5. The normalized spacial score (nSPS) is 44.0. The summed E-state index contributed by atoms with van der Waals surface area (Å²) in [5, 5.41) is 0.344. The van der Waals surface area contributed by atoms with Crippen LogP contribution >= 0.6 is 31.0 Å². The summed E-state index contributed by atoms with van der Waals surface area (Å²) in [4.78, 5) is 29.6. The van der Waals surface area contributed by atoms with Crippen molar-refractivity contribution in [3.8, 4) is 5.75 Å². The number of hydrogen-bond donors (Lipinski definition) is 2. The van der Waals surface area contributed by atoms with Crippen molar-refractivity contribution in [3.05, 3.63) is 28.8 Å². The first-order valence-corrected chi connectivity index (χ1v) is 11.6. The van der Waals surface area contributed by atoms with Gasteiger partial charge in [-0.1, -0.05) is 11.6 Å². The standard InChI is InChI=1S/C18H21Cl2O7P/c1-24-18(14-6-13(2-3-15(14)19)25-28(21,22)23)17(26-27-18)11-4-10-5-12(17)9-16(20,7-10)8-11/h2-3,6,10-12H,4-5,7-9H2,1H3,(H2,21,22,23). The van der Waals surface area contributed by atoms with Crippen molar-refractivity contribution in [2.45, 2.75) is 48.4 Å². The van der Waals surface area contributed by atoms with Crippen LogP contribution in [0.25, 0.3) is 0 Å². The molecule has 0 aromatic heterocycles. The first-order valence-electron chi connectivity index (χ1n) is 9.27. The van der Waals surface area contributed by atoms with Gasteiger partial charge in [0.15, 0.2) is 5.60 Å². The minimum absolute atomic E-state index is 0.0209. The summed E-state index contributed by atoms with van der Waals surface area (Å²) >= 11 is 13.4. The Bertz CT molecular complexity index is 853. The highest BCUT2D eigenvalue weighted by Crippen LogP contribution is 2.71. The molecule has 5 fully saturated rings. The van der Waals surface area contributed by atoms with E-state index >= 15 is 0 Å². The van der Waals surface area contributed by atoms with Crippen LogP contribution in [0.2, 0.25) is 5.02 Å². The third kappa shape index (κ3) is 2.58. The maximum Gasteiger partial charge on any atom is 0.524 e. The number of halogens is 2. The molecule has 7 nitrogen and oxygen atoms in total. The van der Waals surface area contributed by atoms with Gasteiger partial charge < -0.3 is 9.26 Å². The van der Waals surface area contributed by atoms with Crippen molar-refractivity contribution < 1.29 is 33.4 Å². The predicted octanol–water partition coefficient (Wildman–Crippen LogP) is 4.13. The summed E-state index contributed by atoms with van der Waals surface area (Å²) in [5.74, 6) is -0.444. The molecule has 1 aromatic carbocycles. The summed E-state index contributed by atoms with van der Waals surface area (Å²) in [7, 11) is -3.19. The SMILES string of the molecule is COC1(c2cc(OP(=O)(O)O)ccc2Cl)OOC12C1CC3CC2CC(Cl)(C3)C1. The van der Waals surface area contributed by atoms with E-state index in [4.69, 9.17) is 52.0 Å². The number of alkyl halides is 1. The largest absolute Gasteiger partial charge is 0.524 e. The van der Waals surface area contributed by atoms with E-state index in [2.05, 4.69) is 0 Å². The van der Waals surface area contributed by atoms with Crippen LogP contribution in [-0.4, -0.2) is 27.4 Å². The van der Waals surface area contributed by atoms with Gasteiger partial charge in [0, 0.05) is 22.6 Å². The van der Waals surface area contributed by atoms with Gasteiger partial charge in [0.1, 0.15) is 5.75 Å². The second kappa shape index (κ2) is 6.08. The molecule has 28 heavy (non-hydrogen) atoms. The molecule has 0 radical (unpaired) electrons. The first-order chi connectivity index (χ1) is 13.1. The van der Waals surface area contributed by atoms with Crippen LogP contribution in [-0.2, 0) is 24.9 Å². The molecule has 1 saturated heterocycles. The smallest absolute Gasteiger partial charge is 0.404 e. The van der Waals surface area contributed by atoms with Crippen LogP contribution < -0.4 is 4.52 Å². The van der Waals surface area contributed by atoms with Crippen LogP contribution in [0.1, 0.15) is 37.7 Å². The number of phosphoric acid groups is 1. The Hall–Kier alpha value is -0.370. The van der Waals surface area contributed by atoms with E-state index < -0.39 is 19.2 Å². The Kier molecular flexibility index (Phi) is 4.25. The van der Waals surface area contributed by atoms with Crippen molar-refractivity contribution in [2.24, 2.45) is 17.8 Å². The van der Waals surface area contributed by atoms with Crippen molar-refractivity contribution in [2.75, 3.05) is 7.11 Å². The molecule has 1 aliphatic heterocycles. The van der Waals surface area contributed by atoms with E-state index in [-0.39, 0.29) is 22.5 Å². The molecule has 1 heterocycles. The minimum Gasteiger partial charge on any atom is -0.404 e. The molecule has 5 aliphatic rings. The summed E-state index contributed by atoms with van der Waals surface area (Å²) in [6.07, 6.45) is 4.62. The number of phosphoric ester groups is 1. The summed E-state index contributed by atoms with van der Waals surface area (Å²) in [6.45, 7) is 0. The molecule has 154 valence electrons. The Morgan fingerprint density at radius 1 is 1.18 bits per heavy atom. The molecular formula is C18H21Cl2O7P. The molecule has 4 bridgehead atoms. The zero-order valence-electron chi connectivity index (χ0n) is 15.1. The third-order valence-electron chi connectivity index (χ3n) is 6.94. The lowest BCUT2D eigenvalue weighted by molar-refractivity contribution is -0.645. The Morgan fingerprint density at radius 2 is 1.86 bits per heavy atom. The highest BCUT2D eigenvalue weighted by molar-refractivity contribution is 7.46. The van der Waals surface area contributed by atoms with Crippen LogP contribution in [0.5, 0.6) is 5.75 Å². The fourth-order valence-electron chi connectivity index (χ4n) is 6.27. The Morgan fingerprint density at radius 3 is 2.36 bits per heavy atom. The van der Waals surface area contributed by atoms with Crippen molar-refractivity contribution >= 4 is 31.0 Å². The molecule has 3 unspecified atom stereocenters. The molecule has 0 amide bonds. The molecule has 1 spiro atoms. The summed E-state index contributed by atoms with van der Waals surface area (Å²) in [6, 6.07) is 4.36.